The van der Waals surface area contributed by atoms with Crippen molar-refractivity contribution in [1.82, 2.24) is 15.1 Å². The predicted molar refractivity (Wildman–Crippen MR) is 118 cm³/mol. The van der Waals surface area contributed by atoms with Gasteiger partial charge in [0, 0.05) is 43.9 Å². The third-order valence-corrected chi connectivity index (χ3v) is 6.22. The lowest BCUT2D eigenvalue weighted by molar-refractivity contribution is -0.137. The van der Waals surface area contributed by atoms with Crippen molar-refractivity contribution in [2.75, 3.05) is 26.2 Å². The van der Waals surface area contributed by atoms with Gasteiger partial charge in [-0.25, -0.2) is 0 Å². The Balaban J connectivity index is 1.30. The molecule has 2 amide bonds. The molecule has 174 valence electrons. The smallest absolute Gasteiger partial charge is 0.372 e. The number of nitrogens with one attached hydrogen (secondary N) is 1. The summed E-state index contributed by atoms with van der Waals surface area (Å²) in [6.45, 7) is 6.68. The van der Waals surface area contributed by atoms with Gasteiger partial charge in [0.05, 0.1) is 12.1 Å². The molecule has 0 radical (unpaired) electrons. The number of amides is 2. The summed E-state index contributed by atoms with van der Waals surface area (Å²) in [6.07, 6.45) is -2.41. The molecule has 1 N–H and O–H groups in total. The van der Waals surface area contributed by atoms with Gasteiger partial charge in [-0.2, -0.15) is 13.2 Å². The molecular weight excluding hydrogens is 431 g/mol. The van der Waals surface area contributed by atoms with Crippen LogP contribution in [0.1, 0.15) is 32.6 Å². The molecule has 33 heavy (non-hydrogen) atoms. The topological polar surface area (TPSA) is 52.6 Å². The Morgan fingerprint density at radius 3 is 2.58 bits per heavy atom. The number of nitrogens with zero attached hydrogens (tertiary/aromatic N) is 2. The van der Waals surface area contributed by atoms with Crippen LogP contribution in [-0.2, 0) is 17.5 Å². The first-order valence-corrected chi connectivity index (χ1v) is 10.8. The lowest BCUT2D eigenvalue weighted by Gasteiger charge is -2.22. The second-order valence-corrected chi connectivity index (χ2v) is 8.80. The molecule has 2 aromatic rings. The van der Waals surface area contributed by atoms with Crippen LogP contribution in [0.25, 0.3) is 0 Å². The summed E-state index contributed by atoms with van der Waals surface area (Å²) in [4.78, 5) is 28.8. The summed E-state index contributed by atoms with van der Waals surface area (Å²) in [7, 11) is 0. The molecule has 2 aliphatic rings. The van der Waals surface area contributed by atoms with E-state index in [0.717, 1.165) is 25.2 Å². The van der Waals surface area contributed by atoms with E-state index < -0.39 is 17.6 Å². The molecule has 5 nitrogen and oxygen atoms in total. The van der Waals surface area contributed by atoms with Gasteiger partial charge in [-0.1, -0.05) is 29.8 Å². The van der Waals surface area contributed by atoms with Crippen molar-refractivity contribution in [3.8, 4) is 0 Å². The van der Waals surface area contributed by atoms with Crippen molar-refractivity contribution in [3.05, 3.63) is 82.1 Å². The summed E-state index contributed by atoms with van der Waals surface area (Å²) in [5.41, 5.74) is 3.95. The second kappa shape index (κ2) is 8.92. The van der Waals surface area contributed by atoms with Crippen LogP contribution in [0.4, 0.5) is 13.2 Å². The number of fused-ring (bicyclic) bond motifs is 1. The molecule has 1 saturated heterocycles. The number of hydrogen-bond donors (Lipinski definition) is 1. The molecule has 1 atom stereocenters. The number of likely N-dealkylation sites (tertiary alicyclic amines) is 1. The highest BCUT2D eigenvalue weighted by Gasteiger charge is 2.35. The molecule has 2 aromatic carbocycles. The number of halogens is 3. The van der Waals surface area contributed by atoms with Gasteiger partial charge in [-0.3, -0.25) is 9.59 Å². The van der Waals surface area contributed by atoms with Crippen molar-refractivity contribution in [2.24, 2.45) is 5.92 Å². The zero-order valence-corrected chi connectivity index (χ0v) is 18.6. The van der Waals surface area contributed by atoms with Gasteiger partial charge in [-0.05, 0) is 48.7 Å². The number of hydrogen-bond acceptors (Lipinski definition) is 3. The monoisotopic (exact) mass is 457 g/mol. The van der Waals surface area contributed by atoms with Gasteiger partial charge in [0.15, 0.2) is 0 Å². The quantitative estimate of drug-likeness (QED) is 0.741. The van der Waals surface area contributed by atoms with Crippen LogP contribution in [0.5, 0.6) is 0 Å². The first-order valence-electron chi connectivity index (χ1n) is 10.8. The van der Waals surface area contributed by atoms with Crippen LogP contribution in [0.3, 0.4) is 0 Å². The lowest BCUT2D eigenvalue weighted by atomic mass is 10.1. The fraction of sp³-hybridized carbons (Fsp3) is 0.360. The molecule has 2 heterocycles. The van der Waals surface area contributed by atoms with Crippen LogP contribution in [0.2, 0.25) is 0 Å². The maximum Gasteiger partial charge on any atom is 0.416 e. The average Bonchev–Trinajstić information content (AvgIpc) is 3.32. The Kier molecular flexibility index (Phi) is 6.19. The largest absolute Gasteiger partial charge is 0.416 e. The number of carbonyl (C=O) groups is 2. The van der Waals surface area contributed by atoms with Crippen molar-refractivity contribution in [3.63, 3.8) is 0 Å². The van der Waals surface area contributed by atoms with Gasteiger partial charge in [-0.15, -0.1) is 0 Å². The second-order valence-electron chi connectivity index (χ2n) is 8.80. The van der Waals surface area contributed by atoms with Crippen LogP contribution in [0.15, 0.2) is 54.2 Å². The molecule has 0 bridgehead atoms. The molecule has 1 unspecified atom stereocenters. The summed E-state index contributed by atoms with van der Waals surface area (Å²) >= 11 is 0. The molecule has 1 fully saturated rings. The van der Waals surface area contributed by atoms with E-state index in [1.807, 2.05) is 0 Å². The Bertz CT molecular complexity index is 1110. The number of carbonyl (C=O) groups excluding carboxylic acids is 2. The minimum absolute atomic E-state index is 0.124. The molecule has 2 aliphatic heterocycles. The van der Waals surface area contributed by atoms with Crippen molar-refractivity contribution < 1.29 is 22.8 Å². The predicted octanol–water partition coefficient (Wildman–Crippen LogP) is 3.91. The highest BCUT2D eigenvalue weighted by atomic mass is 19.4. The van der Waals surface area contributed by atoms with Gasteiger partial charge in [0.1, 0.15) is 0 Å². The molecule has 0 saturated carbocycles. The normalized spacial score (nSPS) is 17.7. The maximum atomic E-state index is 12.8. The third-order valence-electron chi connectivity index (χ3n) is 6.22. The van der Waals surface area contributed by atoms with Crippen molar-refractivity contribution in [2.45, 2.75) is 26.6 Å². The molecule has 8 heteroatoms. The van der Waals surface area contributed by atoms with E-state index in [1.165, 1.54) is 34.4 Å². The number of alkyl halides is 3. The molecule has 0 aromatic heterocycles. The van der Waals surface area contributed by atoms with Gasteiger partial charge >= 0.3 is 6.18 Å². The summed E-state index contributed by atoms with van der Waals surface area (Å²) < 4.78 is 38.5. The third kappa shape index (κ3) is 5.21. The highest BCUT2D eigenvalue weighted by molar-refractivity contribution is 5.96. The number of aryl methyl sites for hydroxylation is 2. The van der Waals surface area contributed by atoms with Gasteiger partial charge < -0.3 is 15.1 Å². The van der Waals surface area contributed by atoms with E-state index in [-0.39, 0.29) is 23.9 Å². The van der Waals surface area contributed by atoms with E-state index in [2.05, 4.69) is 48.5 Å². The first kappa shape index (κ1) is 22.9. The zero-order chi connectivity index (χ0) is 23.8. The van der Waals surface area contributed by atoms with Crippen molar-refractivity contribution >= 4 is 11.8 Å². The number of benzene rings is 2. The Labute approximate surface area is 190 Å². The lowest BCUT2D eigenvalue weighted by Crippen LogP contribution is -2.39. The minimum atomic E-state index is -4.53. The van der Waals surface area contributed by atoms with Crippen LogP contribution < -0.4 is 5.32 Å². The first-order chi connectivity index (χ1) is 15.6. The van der Waals surface area contributed by atoms with Crippen molar-refractivity contribution in [1.29, 1.82) is 0 Å². The van der Waals surface area contributed by atoms with E-state index in [0.29, 0.717) is 13.1 Å². The summed E-state index contributed by atoms with van der Waals surface area (Å²) in [5, 5.41) is 2.44. The highest BCUT2D eigenvalue weighted by Crippen LogP contribution is 2.31. The fourth-order valence-electron chi connectivity index (χ4n) is 4.44. The number of rotatable bonds is 5. The van der Waals surface area contributed by atoms with Crippen LogP contribution in [0, 0.1) is 19.8 Å². The van der Waals surface area contributed by atoms with Crippen LogP contribution in [-0.4, -0.2) is 47.8 Å². The maximum absolute atomic E-state index is 12.8. The molecule has 4 rings (SSSR count). The van der Waals surface area contributed by atoms with E-state index in [4.69, 9.17) is 0 Å². The van der Waals surface area contributed by atoms with Crippen LogP contribution >= 0.6 is 0 Å². The summed E-state index contributed by atoms with van der Waals surface area (Å²) in [5.74, 6) is -0.682. The van der Waals surface area contributed by atoms with Gasteiger partial charge in [0.2, 0.25) is 5.91 Å². The van der Waals surface area contributed by atoms with E-state index in [1.54, 1.807) is 4.90 Å². The van der Waals surface area contributed by atoms with E-state index >= 15 is 0 Å². The Hall–Kier alpha value is -3.29. The Morgan fingerprint density at radius 1 is 1.09 bits per heavy atom. The molecular formula is C25H26F3N3O2. The van der Waals surface area contributed by atoms with E-state index in [9.17, 15) is 22.8 Å². The van der Waals surface area contributed by atoms with Gasteiger partial charge in [0.25, 0.3) is 5.91 Å². The summed E-state index contributed by atoms with van der Waals surface area (Å²) in [6, 6.07) is 10.6. The fourth-order valence-corrected chi connectivity index (χ4v) is 4.44. The Morgan fingerprint density at radius 2 is 1.88 bits per heavy atom. The SMILES string of the molecule is Cc1ccc(CN2C=C3CN(C(=O)CNC(=O)c4cccc(C(F)(F)F)c4)CC3C2)c(C)c1. The zero-order valence-electron chi connectivity index (χ0n) is 18.6. The molecule has 0 spiro atoms. The molecule has 0 aliphatic carbocycles. The average molecular weight is 457 g/mol. The standard InChI is InChI=1S/C25H26F3N3O2/c1-16-6-7-19(17(2)8-16)11-30-12-20-14-31(15-21(20)13-30)23(32)10-29-24(33)18-4-3-5-22(9-18)25(26,27)28/h3-9,12,21H,10-11,13-15H2,1-2H3,(H,29,33). The minimum Gasteiger partial charge on any atom is -0.372 e.